The Labute approximate surface area is 101 Å². The highest BCUT2D eigenvalue weighted by molar-refractivity contribution is 6.17. The number of aromatic hydroxyl groups is 1. The van der Waals surface area contributed by atoms with E-state index in [0.29, 0.717) is 6.20 Å². The molecular formula is C8H4ClF6NO2. The van der Waals surface area contributed by atoms with Crippen molar-refractivity contribution < 1.29 is 36.2 Å². The largest absolute Gasteiger partial charge is 0.573 e. The summed E-state index contributed by atoms with van der Waals surface area (Å²) in [6.45, 7) is 0. The maximum atomic E-state index is 12.6. The van der Waals surface area contributed by atoms with Gasteiger partial charge in [-0.15, -0.1) is 24.8 Å². The number of rotatable bonds is 2. The predicted octanol–water partition coefficient (Wildman–Crippen LogP) is 3.44. The van der Waals surface area contributed by atoms with Gasteiger partial charge in [-0.3, -0.25) is 4.98 Å². The van der Waals surface area contributed by atoms with Crippen LogP contribution in [0.5, 0.6) is 11.5 Å². The zero-order valence-corrected chi connectivity index (χ0v) is 8.99. The van der Waals surface area contributed by atoms with Crippen molar-refractivity contribution in [1.82, 2.24) is 4.98 Å². The molecule has 0 unspecified atom stereocenters. The van der Waals surface area contributed by atoms with Crippen LogP contribution in [0.3, 0.4) is 0 Å². The lowest BCUT2D eigenvalue weighted by molar-refractivity contribution is -0.276. The van der Waals surface area contributed by atoms with E-state index in [2.05, 4.69) is 9.72 Å². The van der Waals surface area contributed by atoms with Crippen molar-refractivity contribution in [1.29, 1.82) is 0 Å². The van der Waals surface area contributed by atoms with E-state index < -0.39 is 41.2 Å². The SMILES string of the molecule is Oc1cnc(CCl)c(C(F)(F)F)c1OC(F)(F)F. The third kappa shape index (κ3) is 3.31. The molecule has 1 N–H and O–H groups in total. The van der Waals surface area contributed by atoms with Gasteiger partial charge in [0.05, 0.1) is 17.8 Å². The minimum Gasteiger partial charge on any atom is -0.503 e. The molecule has 0 aromatic carbocycles. The second-order valence-corrected chi connectivity index (χ2v) is 3.24. The van der Waals surface area contributed by atoms with E-state index in [0.717, 1.165) is 0 Å². The molecule has 0 aliphatic carbocycles. The Kier molecular flexibility index (Phi) is 3.84. The van der Waals surface area contributed by atoms with E-state index >= 15 is 0 Å². The number of halogens is 7. The first-order valence-corrected chi connectivity index (χ1v) is 4.69. The normalized spacial score (nSPS) is 12.6. The van der Waals surface area contributed by atoms with E-state index in [1.807, 2.05) is 0 Å². The molecule has 18 heavy (non-hydrogen) atoms. The lowest BCUT2D eigenvalue weighted by atomic mass is 10.1. The van der Waals surface area contributed by atoms with Gasteiger partial charge in [0, 0.05) is 0 Å². The van der Waals surface area contributed by atoms with Crippen LogP contribution in [0.1, 0.15) is 11.3 Å². The molecule has 1 aromatic rings. The molecule has 1 rings (SSSR count). The molecule has 0 radical (unpaired) electrons. The van der Waals surface area contributed by atoms with Crippen LogP contribution in [0, 0.1) is 0 Å². The van der Waals surface area contributed by atoms with Gasteiger partial charge in [0.2, 0.25) is 0 Å². The summed E-state index contributed by atoms with van der Waals surface area (Å²) in [5.41, 5.74) is -2.73. The first-order valence-electron chi connectivity index (χ1n) is 4.16. The van der Waals surface area contributed by atoms with Gasteiger partial charge in [-0.2, -0.15) is 13.2 Å². The topological polar surface area (TPSA) is 42.4 Å². The van der Waals surface area contributed by atoms with Gasteiger partial charge in [-0.25, -0.2) is 0 Å². The van der Waals surface area contributed by atoms with Crippen LogP contribution in [0.25, 0.3) is 0 Å². The van der Waals surface area contributed by atoms with Crippen molar-refractivity contribution in [3.8, 4) is 11.5 Å². The van der Waals surface area contributed by atoms with Crippen LogP contribution in [0.4, 0.5) is 26.3 Å². The minimum atomic E-state index is -5.39. The van der Waals surface area contributed by atoms with Crippen molar-refractivity contribution in [2.75, 3.05) is 0 Å². The molecule has 1 aromatic heterocycles. The Morgan fingerprint density at radius 1 is 1.22 bits per heavy atom. The van der Waals surface area contributed by atoms with Crippen LogP contribution in [0.15, 0.2) is 6.20 Å². The predicted molar refractivity (Wildman–Crippen MR) is 47.1 cm³/mol. The number of ether oxygens (including phenoxy) is 1. The van der Waals surface area contributed by atoms with Gasteiger partial charge < -0.3 is 9.84 Å². The molecular weight excluding hydrogens is 292 g/mol. The monoisotopic (exact) mass is 295 g/mol. The van der Waals surface area contributed by atoms with E-state index in [1.165, 1.54) is 0 Å². The van der Waals surface area contributed by atoms with Gasteiger partial charge in [0.1, 0.15) is 5.56 Å². The second-order valence-electron chi connectivity index (χ2n) is 2.97. The molecule has 0 aliphatic heterocycles. The standard InChI is InChI=1S/C8H4ClF6NO2/c9-1-3-5(7(10,11)12)6(4(17)2-16-3)18-8(13,14)15/h2,17H,1H2. The van der Waals surface area contributed by atoms with Gasteiger partial charge in [-0.1, -0.05) is 0 Å². The fraction of sp³-hybridized carbons (Fsp3) is 0.375. The van der Waals surface area contributed by atoms with Gasteiger partial charge in [0.15, 0.2) is 11.5 Å². The van der Waals surface area contributed by atoms with Crippen LogP contribution < -0.4 is 4.74 Å². The van der Waals surface area contributed by atoms with E-state index in [1.54, 1.807) is 0 Å². The Morgan fingerprint density at radius 2 is 1.78 bits per heavy atom. The second kappa shape index (κ2) is 4.71. The summed E-state index contributed by atoms with van der Waals surface area (Å²) in [4.78, 5) is 3.10. The van der Waals surface area contributed by atoms with Crippen molar-refractivity contribution in [2.24, 2.45) is 0 Å². The van der Waals surface area contributed by atoms with Crippen molar-refractivity contribution in [2.45, 2.75) is 18.4 Å². The zero-order valence-electron chi connectivity index (χ0n) is 8.23. The molecule has 0 amide bonds. The highest BCUT2D eigenvalue weighted by Crippen LogP contribution is 2.44. The minimum absolute atomic E-state index is 0.397. The molecule has 3 nitrogen and oxygen atoms in total. The summed E-state index contributed by atoms with van der Waals surface area (Å²) >= 11 is 5.15. The van der Waals surface area contributed by atoms with E-state index in [9.17, 15) is 26.3 Å². The highest BCUT2D eigenvalue weighted by Gasteiger charge is 2.43. The highest BCUT2D eigenvalue weighted by atomic mass is 35.5. The van der Waals surface area contributed by atoms with Gasteiger partial charge in [0.25, 0.3) is 0 Å². The fourth-order valence-electron chi connectivity index (χ4n) is 1.13. The molecule has 0 saturated heterocycles. The lowest BCUT2D eigenvalue weighted by Gasteiger charge is -2.18. The summed E-state index contributed by atoms with van der Waals surface area (Å²) in [6.07, 6.45) is -10.2. The summed E-state index contributed by atoms with van der Waals surface area (Å²) < 4.78 is 76.9. The fourth-order valence-corrected chi connectivity index (χ4v) is 1.34. The Bertz CT molecular complexity index is 444. The van der Waals surface area contributed by atoms with Crippen LogP contribution in [0.2, 0.25) is 0 Å². The average molecular weight is 296 g/mol. The number of hydrogen-bond donors (Lipinski definition) is 1. The molecule has 0 spiro atoms. The first kappa shape index (κ1) is 14.7. The van der Waals surface area contributed by atoms with Crippen LogP contribution in [-0.2, 0) is 12.1 Å². The molecule has 0 fully saturated rings. The molecule has 0 saturated carbocycles. The van der Waals surface area contributed by atoms with Gasteiger partial charge in [-0.05, 0) is 0 Å². The van der Waals surface area contributed by atoms with Crippen molar-refractivity contribution >= 4 is 11.6 Å². The third-order valence-electron chi connectivity index (χ3n) is 1.72. The van der Waals surface area contributed by atoms with Crippen LogP contribution >= 0.6 is 11.6 Å². The number of alkyl halides is 7. The Morgan fingerprint density at radius 3 is 2.17 bits per heavy atom. The lowest BCUT2D eigenvalue weighted by Crippen LogP contribution is -2.21. The number of pyridine rings is 1. The van der Waals surface area contributed by atoms with Gasteiger partial charge >= 0.3 is 12.5 Å². The zero-order chi connectivity index (χ0) is 14.1. The molecule has 0 bridgehead atoms. The number of nitrogens with zero attached hydrogens (tertiary/aromatic N) is 1. The molecule has 1 heterocycles. The number of aromatic nitrogens is 1. The smallest absolute Gasteiger partial charge is 0.503 e. The van der Waals surface area contributed by atoms with Crippen molar-refractivity contribution in [3.63, 3.8) is 0 Å². The van der Waals surface area contributed by atoms with E-state index in [-0.39, 0.29) is 0 Å². The maximum Gasteiger partial charge on any atom is 0.573 e. The average Bonchev–Trinajstić information content (AvgIpc) is 2.17. The van der Waals surface area contributed by atoms with E-state index in [4.69, 9.17) is 16.7 Å². The Balaban J connectivity index is 3.46. The maximum absolute atomic E-state index is 12.6. The summed E-state index contributed by atoms with van der Waals surface area (Å²) in [7, 11) is 0. The summed E-state index contributed by atoms with van der Waals surface area (Å²) in [6, 6.07) is 0. The molecule has 0 aliphatic rings. The molecule has 10 heteroatoms. The summed E-state index contributed by atoms with van der Waals surface area (Å²) in [5, 5.41) is 9.01. The van der Waals surface area contributed by atoms with Crippen molar-refractivity contribution in [3.05, 3.63) is 17.5 Å². The molecule has 102 valence electrons. The van der Waals surface area contributed by atoms with Crippen LogP contribution in [-0.4, -0.2) is 16.5 Å². The Hall–Kier alpha value is -1.38. The number of hydrogen-bond acceptors (Lipinski definition) is 3. The quantitative estimate of drug-likeness (QED) is 0.671. The summed E-state index contributed by atoms with van der Waals surface area (Å²) in [5.74, 6) is -3.93. The third-order valence-corrected chi connectivity index (χ3v) is 1.97. The molecule has 0 atom stereocenters. The first-order chi connectivity index (χ1) is 8.06.